The average molecular weight is 588 g/mol. The van der Waals surface area contributed by atoms with Gasteiger partial charge >= 0.3 is 6.09 Å². The summed E-state index contributed by atoms with van der Waals surface area (Å²) < 4.78 is 35.2. The number of likely N-dealkylation sites (N-methyl/N-ethyl adjacent to an activating group) is 1. The van der Waals surface area contributed by atoms with Crippen LogP contribution in [-0.4, -0.2) is 81.5 Å². The molecule has 42 heavy (non-hydrogen) atoms. The highest BCUT2D eigenvalue weighted by Crippen LogP contribution is 2.21. The third-order valence-electron chi connectivity index (χ3n) is 6.09. The number of hydrogen-bond acceptors (Lipinski definition) is 7. The average Bonchev–Trinajstić information content (AvgIpc) is 3.36. The number of aromatic nitrogens is 4. The van der Waals surface area contributed by atoms with Crippen LogP contribution in [0, 0.1) is 17.7 Å². The highest BCUT2D eigenvalue weighted by Gasteiger charge is 2.25. The van der Waals surface area contributed by atoms with E-state index in [9.17, 15) is 28.0 Å². The Morgan fingerprint density at radius 3 is 2.50 bits per heavy atom. The molecule has 0 aliphatic carbocycles. The van der Waals surface area contributed by atoms with Crippen molar-refractivity contribution >= 4 is 34.6 Å². The van der Waals surface area contributed by atoms with Gasteiger partial charge in [-0.2, -0.15) is 4.39 Å². The Morgan fingerprint density at radius 2 is 1.86 bits per heavy atom. The summed E-state index contributed by atoms with van der Waals surface area (Å²) in [7, 11) is 6.06. The number of anilines is 1. The van der Waals surface area contributed by atoms with Gasteiger partial charge in [-0.15, -0.1) is 0 Å². The van der Waals surface area contributed by atoms with E-state index in [2.05, 4.69) is 20.3 Å². The molecule has 0 spiro atoms. The molecule has 1 atom stereocenters. The van der Waals surface area contributed by atoms with Crippen LogP contribution in [0.4, 0.5) is 19.3 Å². The summed E-state index contributed by atoms with van der Waals surface area (Å²) >= 11 is 0. The number of imidazole rings is 1. The molecule has 0 aromatic carbocycles. The molecule has 0 radical (unpaired) electrons. The van der Waals surface area contributed by atoms with E-state index < -0.39 is 35.4 Å². The molecule has 3 aromatic rings. The minimum atomic E-state index is -1.32. The second-order valence-corrected chi connectivity index (χ2v) is 10.5. The SMILES string of the molecule is CC(C)Cc1ncc(F)c2nc(Cn3c(F)ccc(NC(=O)C(CC/C=C/C(=O)N(C)C)OC(=O)N(C)C)c3=O)[nH]c12. The van der Waals surface area contributed by atoms with Gasteiger partial charge in [0.15, 0.2) is 17.9 Å². The maximum absolute atomic E-state index is 14.8. The van der Waals surface area contributed by atoms with Crippen LogP contribution in [-0.2, 0) is 27.3 Å². The Kier molecular flexibility index (Phi) is 10.5. The van der Waals surface area contributed by atoms with Crippen molar-refractivity contribution in [2.45, 2.75) is 45.8 Å². The van der Waals surface area contributed by atoms with Crippen molar-refractivity contribution in [3.8, 4) is 0 Å². The summed E-state index contributed by atoms with van der Waals surface area (Å²) in [6.07, 6.45) is 2.60. The van der Waals surface area contributed by atoms with Gasteiger partial charge in [0.25, 0.3) is 11.5 Å². The van der Waals surface area contributed by atoms with Crippen LogP contribution in [0.2, 0.25) is 0 Å². The molecule has 14 heteroatoms. The second-order valence-electron chi connectivity index (χ2n) is 10.5. The van der Waals surface area contributed by atoms with Gasteiger partial charge < -0.3 is 24.8 Å². The molecule has 0 fully saturated rings. The van der Waals surface area contributed by atoms with Crippen LogP contribution in [0.3, 0.4) is 0 Å². The molecule has 0 saturated heterocycles. The normalized spacial score (nSPS) is 12.1. The number of allylic oxidation sites excluding steroid dienone is 1. The van der Waals surface area contributed by atoms with Crippen molar-refractivity contribution in [1.29, 1.82) is 0 Å². The Labute approximate surface area is 241 Å². The second kappa shape index (κ2) is 13.8. The van der Waals surface area contributed by atoms with Gasteiger partial charge in [-0.05, 0) is 43.4 Å². The van der Waals surface area contributed by atoms with E-state index in [1.165, 1.54) is 31.1 Å². The van der Waals surface area contributed by atoms with Gasteiger partial charge in [0.1, 0.15) is 17.0 Å². The number of hydrogen-bond donors (Lipinski definition) is 2. The fraction of sp³-hybridized carbons (Fsp3) is 0.429. The number of nitrogens with one attached hydrogen (secondary N) is 2. The minimum Gasteiger partial charge on any atom is -0.436 e. The minimum absolute atomic E-state index is 0.00923. The summed E-state index contributed by atoms with van der Waals surface area (Å²) in [6, 6.07) is 2.08. The predicted molar refractivity (Wildman–Crippen MR) is 152 cm³/mol. The highest BCUT2D eigenvalue weighted by atomic mass is 19.1. The zero-order valence-corrected chi connectivity index (χ0v) is 24.4. The largest absolute Gasteiger partial charge is 0.436 e. The van der Waals surface area contributed by atoms with Crippen LogP contribution in [0.1, 0.15) is 38.2 Å². The fourth-order valence-corrected chi connectivity index (χ4v) is 3.89. The van der Waals surface area contributed by atoms with E-state index in [4.69, 9.17) is 4.74 Å². The van der Waals surface area contributed by atoms with E-state index in [-0.39, 0.29) is 48.2 Å². The fourth-order valence-electron chi connectivity index (χ4n) is 3.89. The first-order valence-corrected chi connectivity index (χ1v) is 13.3. The molecule has 2 N–H and O–H groups in total. The van der Waals surface area contributed by atoms with Crippen LogP contribution >= 0.6 is 0 Å². The lowest BCUT2D eigenvalue weighted by molar-refractivity contribution is -0.125. The molecule has 3 rings (SSSR count). The van der Waals surface area contributed by atoms with E-state index in [1.807, 2.05) is 13.8 Å². The smallest absolute Gasteiger partial charge is 0.410 e. The number of H-pyrrole nitrogens is 1. The first-order valence-electron chi connectivity index (χ1n) is 13.3. The van der Waals surface area contributed by atoms with Gasteiger partial charge in [0.2, 0.25) is 5.91 Å². The summed E-state index contributed by atoms with van der Waals surface area (Å²) in [5.74, 6) is -2.30. The van der Waals surface area contributed by atoms with E-state index in [0.29, 0.717) is 17.6 Å². The maximum atomic E-state index is 14.8. The van der Waals surface area contributed by atoms with E-state index in [1.54, 1.807) is 14.1 Å². The van der Waals surface area contributed by atoms with Crippen LogP contribution in [0.15, 0.2) is 35.3 Å². The Bertz CT molecular complexity index is 1550. The molecule has 0 bridgehead atoms. The first-order chi connectivity index (χ1) is 19.8. The van der Waals surface area contributed by atoms with Crippen LogP contribution in [0.25, 0.3) is 11.0 Å². The zero-order valence-electron chi connectivity index (χ0n) is 24.4. The number of fused-ring (bicyclic) bond motifs is 1. The van der Waals surface area contributed by atoms with Crippen molar-refractivity contribution in [2.75, 3.05) is 33.5 Å². The molecule has 226 valence electrons. The van der Waals surface area contributed by atoms with Gasteiger partial charge in [0, 0.05) is 28.2 Å². The van der Waals surface area contributed by atoms with Crippen molar-refractivity contribution in [2.24, 2.45) is 5.92 Å². The number of ether oxygens (including phenoxy) is 1. The quantitative estimate of drug-likeness (QED) is 0.259. The monoisotopic (exact) mass is 587 g/mol. The molecule has 0 aliphatic heterocycles. The van der Waals surface area contributed by atoms with Crippen LogP contribution in [0.5, 0.6) is 0 Å². The molecular weight excluding hydrogens is 552 g/mol. The molecule has 0 saturated carbocycles. The predicted octanol–water partition coefficient (Wildman–Crippen LogP) is 3.07. The lowest BCUT2D eigenvalue weighted by Crippen LogP contribution is -2.38. The Hall–Kier alpha value is -4.62. The Balaban J connectivity index is 1.85. The molecule has 12 nitrogen and oxygen atoms in total. The number of rotatable bonds is 11. The van der Waals surface area contributed by atoms with Crippen molar-refractivity contribution < 1.29 is 27.9 Å². The van der Waals surface area contributed by atoms with Crippen molar-refractivity contribution in [1.82, 2.24) is 29.3 Å². The van der Waals surface area contributed by atoms with Crippen LogP contribution < -0.4 is 10.9 Å². The first kappa shape index (κ1) is 31.9. The third-order valence-corrected chi connectivity index (χ3v) is 6.09. The highest BCUT2D eigenvalue weighted by molar-refractivity contribution is 5.95. The van der Waals surface area contributed by atoms with Crippen molar-refractivity contribution in [3.05, 3.63) is 64.1 Å². The molecular formula is C28H35F2N7O5. The zero-order chi connectivity index (χ0) is 31.1. The lowest BCUT2D eigenvalue weighted by atomic mass is 10.1. The number of pyridine rings is 2. The number of amides is 3. The summed E-state index contributed by atoms with van der Waals surface area (Å²) in [5, 5.41) is 2.41. The molecule has 3 amide bonds. The van der Waals surface area contributed by atoms with E-state index >= 15 is 0 Å². The summed E-state index contributed by atoms with van der Waals surface area (Å²) in [4.78, 5) is 64.0. The lowest BCUT2D eigenvalue weighted by Gasteiger charge is -2.20. The third kappa shape index (κ3) is 7.98. The summed E-state index contributed by atoms with van der Waals surface area (Å²) in [6.45, 7) is 3.59. The standard InChI is InChI=1S/C28H35F2N7O5/c1-16(2)13-19-25-24(17(29)14-31-19)33-22(34-25)15-37-21(30)12-11-18(27(37)40)32-26(39)20(42-28(41)36(5)6)9-7-8-10-23(38)35(3)4/h8,10-12,14,16,20H,7,9,13,15H2,1-6H3,(H,32,39)(H,33,34)/b10-8+. The van der Waals surface area contributed by atoms with E-state index in [0.717, 1.165) is 27.8 Å². The van der Waals surface area contributed by atoms with Gasteiger partial charge in [-0.25, -0.2) is 14.2 Å². The number of carbonyl (C=O) groups excluding carboxylic acids is 3. The molecule has 0 aliphatic rings. The molecule has 3 aromatic heterocycles. The van der Waals surface area contributed by atoms with Gasteiger partial charge in [-0.1, -0.05) is 19.9 Å². The summed E-state index contributed by atoms with van der Waals surface area (Å²) in [5.41, 5.74) is -0.175. The number of nitrogens with zero attached hydrogens (tertiary/aromatic N) is 5. The molecule has 3 heterocycles. The Morgan fingerprint density at radius 1 is 1.14 bits per heavy atom. The van der Waals surface area contributed by atoms with Crippen molar-refractivity contribution in [3.63, 3.8) is 0 Å². The number of halogens is 2. The molecule has 1 unspecified atom stereocenters. The van der Waals surface area contributed by atoms with Gasteiger partial charge in [0.05, 0.1) is 24.0 Å². The topological polar surface area (TPSA) is 143 Å². The maximum Gasteiger partial charge on any atom is 0.410 e. The number of carbonyl (C=O) groups is 3. The van der Waals surface area contributed by atoms with Gasteiger partial charge in [-0.3, -0.25) is 23.9 Å². The number of aromatic amines is 1.